The highest BCUT2D eigenvalue weighted by Gasteiger charge is 2.26. The van der Waals surface area contributed by atoms with Crippen molar-refractivity contribution < 1.29 is 13.2 Å². The molecule has 2 rings (SSSR count). The van der Waals surface area contributed by atoms with E-state index in [9.17, 15) is 13.2 Å². The van der Waals surface area contributed by atoms with Crippen LogP contribution in [-0.4, -0.2) is 41.5 Å². The molecule has 9 nitrogen and oxygen atoms in total. The van der Waals surface area contributed by atoms with Crippen LogP contribution in [0.4, 0.5) is 16.7 Å². The van der Waals surface area contributed by atoms with Crippen LogP contribution in [0.15, 0.2) is 29.2 Å². The molecule has 0 saturated heterocycles. The van der Waals surface area contributed by atoms with Crippen LogP contribution in [-0.2, 0) is 10.0 Å². The van der Waals surface area contributed by atoms with E-state index in [1.807, 2.05) is 25.5 Å². The van der Waals surface area contributed by atoms with E-state index in [4.69, 9.17) is 23.2 Å². The first-order chi connectivity index (χ1) is 12.9. The van der Waals surface area contributed by atoms with Gasteiger partial charge < -0.3 is 5.32 Å². The van der Waals surface area contributed by atoms with Gasteiger partial charge in [-0.25, -0.2) is 17.9 Å². The molecule has 2 aromatic rings. The molecule has 2 amide bonds. The second kappa shape index (κ2) is 8.46. The van der Waals surface area contributed by atoms with E-state index >= 15 is 0 Å². The number of sulfonamides is 1. The van der Waals surface area contributed by atoms with E-state index in [1.165, 1.54) is 18.2 Å². The summed E-state index contributed by atoms with van der Waals surface area (Å²) in [7, 11) is -4.20. The molecule has 0 unspecified atom stereocenters. The highest BCUT2D eigenvalue weighted by molar-refractivity contribution is 7.90. The maximum atomic E-state index is 12.6. The van der Waals surface area contributed by atoms with Crippen LogP contribution in [0, 0.1) is 0 Å². The molecule has 28 heavy (non-hydrogen) atoms. The molecule has 0 fully saturated rings. The molecule has 152 valence electrons. The van der Waals surface area contributed by atoms with Crippen molar-refractivity contribution in [3.05, 3.63) is 34.6 Å². The Morgan fingerprint density at radius 3 is 2.36 bits per heavy atom. The Kier molecular flexibility index (Phi) is 6.68. The number of urea groups is 1. The van der Waals surface area contributed by atoms with E-state index < -0.39 is 16.1 Å². The summed E-state index contributed by atoms with van der Waals surface area (Å²) in [6.45, 7) is 7.40. The van der Waals surface area contributed by atoms with Gasteiger partial charge in [0.25, 0.3) is 10.0 Å². The first-order valence-electron chi connectivity index (χ1n) is 8.21. The molecule has 1 heterocycles. The smallest absolute Gasteiger partial charge is 0.338 e. The van der Waals surface area contributed by atoms with Crippen LogP contribution < -0.4 is 14.9 Å². The fourth-order valence-electron chi connectivity index (χ4n) is 2.12. The minimum atomic E-state index is -4.20. The van der Waals surface area contributed by atoms with Crippen LogP contribution in [0.3, 0.4) is 0 Å². The van der Waals surface area contributed by atoms with Crippen LogP contribution in [0.2, 0.25) is 10.3 Å². The SMILES string of the molecule is CCN(C(=O)NS(=O)(=O)c1ccccc1Cl)c1nc(Cl)nc(NC(C)(C)C)n1. The van der Waals surface area contributed by atoms with Gasteiger partial charge in [-0.3, -0.25) is 4.90 Å². The van der Waals surface area contributed by atoms with Gasteiger partial charge in [0.05, 0.1) is 5.02 Å². The molecule has 1 aromatic heterocycles. The third kappa shape index (κ3) is 5.66. The Hall–Kier alpha value is -2.17. The fraction of sp³-hybridized carbons (Fsp3) is 0.375. The normalized spacial score (nSPS) is 11.8. The average Bonchev–Trinajstić information content (AvgIpc) is 2.53. The molecule has 0 aliphatic rings. The van der Waals surface area contributed by atoms with Gasteiger partial charge in [-0.2, -0.15) is 15.0 Å². The highest BCUT2D eigenvalue weighted by atomic mass is 35.5. The van der Waals surface area contributed by atoms with Crippen molar-refractivity contribution in [2.24, 2.45) is 0 Å². The van der Waals surface area contributed by atoms with E-state index in [0.717, 1.165) is 4.90 Å². The predicted molar refractivity (Wildman–Crippen MR) is 108 cm³/mol. The number of carbonyl (C=O) groups excluding carboxylic acids is 1. The van der Waals surface area contributed by atoms with E-state index in [1.54, 1.807) is 13.0 Å². The quantitative estimate of drug-likeness (QED) is 0.722. The van der Waals surface area contributed by atoms with Crippen molar-refractivity contribution in [2.45, 2.75) is 38.1 Å². The fourth-order valence-corrected chi connectivity index (χ4v) is 3.74. The molecule has 1 aromatic carbocycles. The summed E-state index contributed by atoms with van der Waals surface area (Å²) in [5, 5.41) is 2.87. The zero-order chi connectivity index (χ0) is 21.1. The number of anilines is 2. The standard InChI is InChI=1S/C16H20Cl2N6O3S/c1-5-24(14-20-12(18)19-13(21-14)22-16(2,3)4)15(25)23-28(26,27)11-9-7-6-8-10(11)17/h6-9H,5H2,1-4H3,(H,23,25)(H,19,20,21,22). The third-order valence-electron chi connectivity index (χ3n) is 3.23. The zero-order valence-electron chi connectivity index (χ0n) is 15.7. The molecule has 0 aliphatic heterocycles. The van der Waals surface area contributed by atoms with Crippen LogP contribution in [0.1, 0.15) is 27.7 Å². The second-order valence-corrected chi connectivity index (χ2v) is 9.08. The Bertz CT molecular complexity index is 979. The lowest BCUT2D eigenvalue weighted by Crippen LogP contribution is -2.44. The van der Waals surface area contributed by atoms with Crippen molar-refractivity contribution in [2.75, 3.05) is 16.8 Å². The van der Waals surface area contributed by atoms with E-state index in [2.05, 4.69) is 20.3 Å². The number of nitrogens with one attached hydrogen (secondary N) is 2. The molecular formula is C16H20Cl2N6O3S. The summed E-state index contributed by atoms with van der Waals surface area (Å²) in [6.07, 6.45) is 0. The number of carbonyl (C=O) groups is 1. The molecule has 0 aliphatic carbocycles. The molecule has 0 bridgehead atoms. The monoisotopic (exact) mass is 446 g/mol. The van der Waals surface area contributed by atoms with Gasteiger partial charge in [-0.15, -0.1) is 0 Å². The number of halogens is 2. The van der Waals surface area contributed by atoms with E-state index in [0.29, 0.717) is 0 Å². The molecular weight excluding hydrogens is 427 g/mol. The topological polar surface area (TPSA) is 117 Å². The van der Waals surface area contributed by atoms with Crippen molar-refractivity contribution in [3.8, 4) is 0 Å². The summed E-state index contributed by atoms with van der Waals surface area (Å²) in [6, 6.07) is 4.83. The van der Waals surface area contributed by atoms with Crippen molar-refractivity contribution >= 4 is 51.2 Å². The molecule has 2 N–H and O–H groups in total. The van der Waals surface area contributed by atoms with Gasteiger partial charge >= 0.3 is 6.03 Å². The molecule has 0 spiro atoms. The lowest BCUT2D eigenvalue weighted by atomic mass is 10.1. The predicted octanol–water partition coefficient (Wildman–Crippen LogP) is 3.31. The Morgan fingerprint density at radius 2 is 1.79 bits per heavy atom. The van der Waals surface area contributed by atoms with Crippen LogP contribution in [0.25, 0.3) is 0 Å². The first-order valence-corrected chi connectivity index (χ1v) is 10.5. The summed E-state index contributed by atoms with van der Waals surface area (Å²) in [5.41, 5.74) is -0.366. The second-order valence-electron chi connectivity index (χ2n) is 6.69. The Morgan fingerprint density at radius 1 is 1.14 bits per heavy atom. The number of amides is 2. The maximum absolute atomic E-state index is 12.6. The number of aromatic nitrogens is 3. The van der Waals surface area contributed by atoms with Crippen molar-refractivity contribution in [3.63, 3.8) is 0 Å². The van der Waals surface area contributed by atoms with Crippen LogP contribution >= 0.6 is 23.2 Å². The van der Waals surface area contributed by atoms with Crippen molar-refractivity contribution in [1.82, 2.24) is 19.7 Å². The van der Waals surface area contributed by atoms with Gasteiger partial charge in [-0.05, 0) is 51.4 Å². The average molecular weight is 447 g/mol. The van der Waals surface area contributed by atoms with Gasteiger partial charge in [0.1, 0.15) is 4.90 Å². The van der Waals surface area contributed by atoms with Gasteiger partial charge in [-0.1, -0.05) is 23.7 Å². The summed E-state index contributed by atoms with van der Waals surface area (Å²) in [5.74, 6) is 0.0591. The minimum Gasteiger partial charge on any atom is -0.349 e. The molecule has 0 saturated carbocycles. The number of nitrogens with zero attached hydrogens (tertiary/aromatic N) is 4. The maximum Gasteiger partial charge on any atom is 0.338 e. The zero-order valence-corrected chi connectivity index (χ0v) is 18.0. The number of hydrogen-bond donors (Lipinski definition) is 2. The Labute approximate surface area is 173 Å². The van der Waals surface area contributed by atoms with Gasteiger partial charge in [0, 0.05) is 12.1 Å². The van der Waals surface area contributed by atoms with Gasteiger partial charge in [0.2, 0.25) is 17.2 Å². The lowest BCUT2D eigenvalue weighted by Gasteiger charge is -2.23. The number of rotatable bonds is 5. The first kappa shape index (κ1) is 22.1. The van der Waals surface area contributed by atoms with Gasteiger partial charge in [0.15, 0.2) is 0 Å². The summed E-state index contributed by atoms with van der Waals surface area (Å²) in [4.78, 5) is 25.5. The largest absolute Gasteiger partial charge is 0.349 e. The summed E-state index contributed by atoms with van der Waals surface area (Å²) >= 11 is 11.9. The van der Waals surface area contributed by atoms with Crippen molar-refractivity contribution in [1.29, 1.82) is 0 Å². The lowest BCUT2D eigenvalue weighted by molar-refractivity contribution is 0.251. The number of benzene rings is 1. The molecule has 0 atom stereocenters. The summed E-state index contributed by atoms with van der Waals surface area (Å²) < 4.78 is 27.0. The van der Waals surface area contributed by atoms with E-state index in [-0.39, 0.29) is 39.2 Å². The highest BCUT2D eigenvalue weighted by Crippen LogP contribution is 2.21. The minimum absolute atomic E-state index is 0.00859. The number of hydrogen-bond acceptors (Lipinski definition) is 7. The molecule has 12 heteroatoms. The Balaban J connectivity index is 2.32. The molecule has 0 radical (unpaired) electrons. The van der Waals surface area contributed by atoms with Crippen LogP contribution in [0.5, 0.6) is 0 Å². The third-order valence-corrected chi connectivity index (χ3v) is 5.22.